The van der Waals surface area contributed by atoms with Crippen LogP contribution in [0, 0.1) is 5.92 Å². The molecule has 2 heterocycles. The molecule has 0 saturated heterocycles. The molecule has 0 saturated carbocycles. The van der Waals surface area contributed by atoms with Gasteiger partial charge in [-0.25, -0.2) is 4.98 Å². The lowest BCUT2D eigenvalue weighted by Gasteiger charge is -2.22. The van der Waals surface area contributed by atoms with Crippen molar-refractivity contribution in [1.29, 1.82) is 0 Å². The number of rotatable bonds is 7. The zero-order valence-corrected chi connectivity index (χ0v) is 19.9. The molecule has 1 aromatic carbocycles. The van der Waals surface area contributed by atoms with Gasteiger partial charge in [0.1, 0.15) is 6.26 Å². The van der Waals surface area contributed by atoms with Crippen molar-refractivity contribution in [1.82, 2.24) is 15.2 Å². The molecule has 2 amide bonds. The number of carbonyl (C=O) groups is 2. The first kappa shape index (κ1) is 25.4. The summed E-state index contributed by atoms with van der Waals surface area (Å²) in [4.78, 5) is 30.6. The minimum atomic E-state index is -1.89. The molecule has 0 bridgehead atoms. The van der Waals surface area contributed by atoms with Crippen molar-refractivity contribution in [2.75, 3.05) is 0 Å². The highest BCUT2D eigenvalue weighted by molar-refractivity contribution is 5.90. The zero-order chi connectivity index (χ0) is 24.7. The Kier molecular flexibility index (Phi) is 8.79. The van der Waals surface area contributed by atoms with Crippen LogP contribution >= 0.6 is 0 Å². The van der Waals surface area contributed by atoms with Crippen LogP contribution in [0.1, 0.15) is 49.9 Å². The molecular weight excluding hydrogens is 434 g/mol. The third kappa shape index (κ3) is 6.21. The van der Waals surface area contributed by atoms with Crippen molar-refractivity contribution in [2.24, 2.45) is 5.92 Å². The fourth-order valence-corrected chi connectivity index (χ4v) is 4.03. The highest BCUT2D eigenvalue weighted by atomic mass is 16.4. The average molecular weight is 468 g/mol. The van der Waals surface area contributed by atoms with E-state index >= 15 is 0 Å². The Balaban J connectivity index is 0.00000158. The molecule has 2 aromatic rings. The van der Waals surface area contributed by atoms with E-state index in [4.69, 9.17) is 4.42 Å². The molecule has 3 atom stereocenters. The highest BCUT2D eigenvalue weighted by Gasteiger charge is 2.35. The summed E-state index contributed by atoms with van der Waals surface area (Å²) < 4.78 is 5.40. The quantitative estimate of drug-likeness (QED) is 0.577. The lowest BCUT2D eigenvalue weighted by atomic mass is 9.93. The number of allylic oxidation sites excluding steroid dienone is 4. The summed E-state index contributed by atoms with van der Waals surface area (Å²) in [6, 6.07) is 7.57. The third-order valence-electron chi connectivity index (χ3n) is 5.75. The Morgan fingerprint density at radius 3 is 2.50 bits per heavy atom. The van der Waals surface area contributed by atoms with Crippen molar-refractivity contribution in [3.63, 3.8) is 0 Å². The second-order valence-electron chi connectivity index (χ2n) is 8.37. The van der Waals surface area contributed by atoms with Crippen molar-refractivity contribution in [2.45, 2.75) is 65.5 Å². The molecule has 1 aliphatic carbocycles. The Morgan fingerprint density at radius 1 is 1.18 bits per heavy atom. The lowest BCUT2D eigenvalue weighted by Crippen LogP contribution is -2.49. The number of hydrogen-bond donors (Lipinski definition) is 3. The first-order valence-electron chi connectivity index (χ1n) is 11.7. The topological polar surface area (TPSA) is 116 Å². The molecule has 34 heavy (non-hydrogen) atoms. The van der Waals surface area contributed by atoms with Crippen LogP contribution in [0.15, 0.2) is 58.7 Å². The van der Waals surface area contributed by atoms with Crippen LogP contribution in [0.3, 0.4) is 0 Å². The first-order chi connectivity index (χ1) is 16.4. The van der Waals surface area contributed by atoms with E-state index in [9.17, 15) is 19.8 Å². The summed E-state index contributed by atoms with van der Waals surface area (Å²) in [6.45, 7) is 6.77. The molecule has 0 radical (unpaired) electrons. The largest absolute Gasteiger partial charge is 0.447 e. The van der Waals surface area contributed by atoms with Crippen molar-refractivity contribution in [3.8, 4) is 0 Å². The highest BCUT2D eigenvalue weighted by Crippen LogP contribution is 2.23. The van der Waals surface area contributed by atoms with Crippen LogP contribution in [0.2, 0.25) is 0 Å². The monoisotopic (exact) mass is 467 g/mol. The number of aliphatic hydroxyl groups excluding tert-OH is 2. The van der Waals surface area contributed by atoms with Gasteiger partial charge in [0.15, 0.2) is 12.2 Å². The van der Waals surface area contributed by atoms with E-state index in [-0.39, 0.29) is 12.4 Å². The van der Waals surface area contributed by atoms with Crippen LogP contribution in [-0.4, -0.2) is 44.1 Å². The lowest BCUT2D eigenvalue weighted by molar-refractivity contribution is -0.153. The molecule has 2 aliphatic rings. The second-order valence-corrected chi connectivity index (χ2v) is 8.37. The van der Waals surface area contributed by atoms with Crippen LogP contribution in [0.25, 0.3) is 0 Å². The summed E-state index contributed by atoms with van der Waals surface area (Å²) in [6.07, 6.45) is 5.71. The molecule has 4 rings (SSSR count). The number of amides is 2. The molecule has 1 aliphatic heterocycles. The fourth-order valence-electron chi connectivity index (χ4n) is 4.03. The second kappa shape index (κ2) is 11.8. The number of nitrogens with zero attached hydrogens (tertiary/aromatic N) is 2. The smallest absolute Gasteiger partial charge is 0.255 e. The molecule has 3 unspecified atom stereocenters. The van der Waals surface area contributed by atoms with Gasteiger partial charge in [0.25, 0.3) is 11.8 Å². The van der Waals surface area contributed by atoms with Crippen molar-refractivity contribution >= 4 is 11.8 Å². The van der Waals surface area contributed by atoms with E-state index < -0.39 is 24.0 Å². The number of fused-ring (bicyclic) bond motifs is 1. The number of carbonyl (C=O) groups excluding carboxylic acids is 2. The maximum atomic E-state index is 12.5. The molecule has 8 heteroatoms. The summed E-state index contributed by atoms with van der Waals surface area (Å²) in [5, 5.41) is 22.9. The number of nitrogens with one attached hydrogen (secondary N) is 1. The van der Waals surface area contributed by atoms with Crippen LogP contribution in [-0.2, 0) is 35.6 Å². The van der Waals surface area contributed by atoms with Gasteiger partial charge in [0, 0.05) is 19.5 Å². The van der Waals surface area contributed by atoms with Gasteiger partial charge in [-0.3, -0.25) is 9.59 Å². The van der Waals surface area contributed by atoms with E-state index in [0.717, 1.165) is 23.2 Å². The van der Waals surface area contributed by atoms with Gasteiger partial charge >= 0.3 is 0 Å². The van der Waals surface area contributed by atoms with Gasteiger partial charge in [0.2, 0.25) is 5.89 Å². The normalized spacial score (nSPS) is 18.3. The number of aliphatic hydroxyl groups is 2. The molecule has 3 N–H and O–H groups in total. The van der Waals surface area contributed by atoms with Crippen molar-refractivity contribution < 1.29 is 24.2 Å². The summed E-state index contributed by atoms with van der Waals surface area (Å²) in [5.41, 5.74) is 3.99. The summed E-state index contributed by atoms with van der Waals surface area (Å²) in [5.74, 6) is -0.773. The predicted octanol–water partition coefficient (Wildman–Crippen LogP) is 2.65. The van der Waals surface area contributed by atoms with E-state index in [0.29, 0.717) is 25.4 Å². The fraction of sp³-hybridized carbons (Fsp3) is 0.423. The number of oxazole rings is 1. The van der Waals surface area contributed by atoms with Crippen LogP contribution < -0.4 is 5.32 Å². The van der Waals surface area contributed by atoms with Crippen LogP contribution in [0.5, 0.6) is 0 Å². The van der Waals surface area contributed by atoms with E-state index in [1.807, 2.05) is 44.2 Å². The molecule has 1 aromatic heterocycles. The van der Waals surface area contributed by atoms with Gasteiger partial charge in [-0.05, 0) is 23.5 Å². The Labute approximate surface area is 200 Å². The predicted molar refractivity (Wildman–Crippen MR) is 127 cm³/mol. The Hall–Kier alpha value is -3.23. The van der Waals surface area contributed by atoms with Gasteiger partial charge in [-0.1, -0.05) is 68.8 Å². The Morgan fingerprint density at radius 2 is 1.85 bits per heavy atom. The summed E-state index contributed by atoms with van der Waals surface area (Å²) >= 11 is 0. The first-order valence-corrected chi connectivity index (χ1v) is 11.7. The average Bonchev–Trinajstić information content (AvgIpc) is 3.49. The number of aromatic nitrogens is 1. The van der Waals surface area contributed by atoms with Gasteiger partial charge in [-0.15, -0.1) is 0 Å². The van der Waals surface area contributed by atoms with E-state index in [1.165, 1.54) is 10.5 Å². The maximum Gasteiger partial charge on any atom is 0.255 e. The molecule has 0 spiro atoms. The van der Waals surface area contributed by atoms with E-state index in [2.05, 4.69) is 29.4 Å². The van der Waals surface area contributed by atoms with Crippen molar-refractivity contribution in [3.05, 3.63) is 77.0 Å². The molecule has 182 valence electrons. The van der Waals surface area contributed by atoms with Crippen LogP contribution in [0.4, 0.5) is 0 Å². The standard InChI is InChI=1S/C24H27N3O5.C2H6/c1-15-5-4-6-16(9-15)10-19-14-32-20(26-19)11-25-23(30)21(28)22(29)24(31)27-12-17-7-2-3-8-18(17)13-27;1-2/h2-8,14-15,21-22,28-29H,9-13H2,1H3,(H,25,30);1-2H3. The van der Waals surface area contributed by atoms with E-state index in [1.54, 1.807) is 6.26 Å². The minimum absolute atomic E-state index is 0.0543. The van der Waals surface area contributed by atoms with Gasteiger partial charge in [0.05, 0.1) is 12.2 Å². The molecular formula is C26H33N3O5. The maximum absolute atomic E-state index is 12.5. The third-order valence-corrected chi connectivity index (χ3v) is 5.75. The molecule has 0 fully saturated rings. The van der Waals surface area contributed by atoms with Gasteiger partial charge in [-0.2, -0.15) is 0 Å². The minimum Gasteiger partial charge on any atom is -0.447 e. The number of benzene rings is 1. The van der Waals surface area contributed by atoms with Gasteiger partial charge < -0.3 is 24.8 Å². The zero-order valence-electron chi connectivity index (χ0n) is 19.9. The SMILES string of the molecule is CC.CC1C=CC=C(Cc2coc(CNC(=O)C(O)C(O)C(=O)N3Cc4ccccc4C3)n2)C1. The molecule has 8 nitrogen and oxygen atoms in total. The number of hydrogen-bond acceptors (Lipinski definition) is 6. The Bertz CT molecular complexity index is 1030. The summed E-state index contributed by atoms with van der Waals surface area (Å²) in [7, 11) is 0.